The van der Waals surface area contributed by atoms with Crippen LogP contribution in [0.1, 0.15) is 39.5 Å². The van der Waals surface area contributed by atoms with Crippen LogP contribution in [0.2, 0.25) is 0 Å². The van der Waals surface area contributed by atoms with Gasteiger partial charge in [0.25, 0.3) is 0 Å². The molecule has 0 bridgehead atoms. The van der Waals surface area contributed by atoms with Gasteiger partial charge in [-0.1, -0.05) is 6.42 Å². The summed E-state index contributed by atoms with van der Waals surface area (Å²) in [6, 6.07) is 0. The number of aliphatic carboxylic acids is 2. The van der Waals surface area contributed by atoms with Crippen LogP contribution in [0.15, 0.2) is 0 Å². The van der Waals surface area contributed by atoms with E-state index in [1.54, 1.807) is 13.8 Å². The van der Waals surface area contributed by atoms with Crippen LogP contribution in [0.3, 0.4) is 0 Å². The van der Waals surface area contributed by atoms with Crippen LogP contribution >= 0.6 is 0 Å². The van der Waals surface area contributed by atoms with Gasteiger partial charge >= 0.3 is 11.9 Å². The van der Waals surface area contributed by atoms with Gasteiger partial charge in [0.15, 0.2) is 0 Å². The average Bonchev–Trinajstić information content (AvgIpc) is 2.03. The first-order chi connectivity index (χ1) is 6.30. The Morgan fingerprint density at radius 1 is 1.00 bits per heavy atom. The number of hydrogen-bond donors (Lipinski definition) is 2. The number of carbonyl (C=O) groups is 2. The first kappa shape index (κ1) is 11.0. The predicted octanol–water partition coefficient (Wildman–Crippen LogP) is 1.74. The number of carboxylic acid groups (broad SMARTS) is 2. The van der Waals surface area contributed by atoms with E-state index in [0.717, 1.165) is 0 Å². The Morgan fingerprint density at radius 3 is 1.64 bits per heavy atom. The van der Waals surface area contributed by atoms with E-state index >= 15 is 0 Å². The maximum Gasteiger partial charge on any atom is 0.309 e. The Balaban J connectivity index is 2.89. The predicted molar refractivity (Wildman–Crippen MR) is 50.0 cm³/mol. The van der Waals surface area contributed by atoms with Crippen molar-refractivity contribution in [3.05, 3.63) is 0 Å². The van der Waals surface area contributed by atoms with Crippen molar-refractivity contribution in [3.63, 3.8) is 0 Å². The van der Waals surface area contributed by atoms with Gasteiger partial charge in [0, 0.05) is 0 Å². The van der Waals surface area contributed by atoms with E-state index < -0.39 is 22.8 Å². The highest BCUT2D eigenvalue weighted by atomic mass is 16.4. The molecule has 0 saturated heterocycles. The lowest BCUT2D eigenvalue weighted by atomic mass is 9.63. The third kappa shape index (κ3) is 1.74. The molecule has 0 heterocycles. The van der Waals surface area contributed by atoms with Gasteiger partial charge < -0.3 is 10.2 Å². The molecule has 1 fully saturated rings. The zero-order valence-electron chi connectivity index (χ0n) is 8.54. The molecule has 0 radical (unpaired) electrons. The van der Waals surface area contributed by atoms with E-state index in [1.807, 2.05) is 0 Å². The fourth-order valence-electron chi connectivity index (χ4n) is 2.27. The monoisotopic (exact) mass is 200 g/mol. The van der Waals surface area contributed by atoms with Gasteiger partial charge in [-0.3, -0.25) is 9.59 Å². The molecule has 4 heteroatoms. The number of hydrogen-bond acceptors (Lipinski definition) is 2. The zero-order valence-corrected chi connectivity index (χ0v) is 8.54. The topological polar surface area (TPSA) is 74.6 Å². The van der Waals surface area contributed by atoms with Gasteiger partial charge in [-0.2, -0.15) is 0 Å². The summed E-state index contributed by atoms with van der Waals surface area (Å²) in [4.78, 5) is 22.0. The highest BCUT2D eigenvalue weighted by Gasteiger charge is 2.47. The Morgan fingerprint density at radius 2 is 1.36 bits per heavy atom. The molecule has 0 unspecified atom stereocenters. The second-order valence-corrected chi connectivity index (χ2v) is 4.76. The van der Waals surface area contributed by atoms with E-state index in [9.17, 15) is 9.59 Å². The van der Waals surface area contributed by atoms with Crippen molar-refractivity contribution in [1.29, 1.82) is 0 Å². The van der Waals surface area contributed by atoms with Crippen LogP contribution in [0.25, 0.3) is 0 Å². The lowest BCUT2D eigenvalue weighted by molar-refractivity contribution is -0.160. The van der Waals surface area contributed by atoms with E-state index in [-0.39, 0.29) is 6.42 Å². The summed E-state index contributed by atoms with van der Waals surface area (Å²) in [5.74, 6) is -1.77. The van der Waals surface area contributed by atoms with Crippen molar-refractivity contribution in [1.82, 2.24) is 0 Å². The van der Waals surface area contributed by atoms with Crippen molar-refractivity contribution in [2.75, 3.05) is 0 Å². The minimum Gasteiger partial charge on any atom is -0.481 e. The fraction of sp³-hybridized carbons (Fsp3) is 0.800. The van der Waals surface area contributed by atoms with Crippen LogP contribution in [-0.4, -0.2) is 22.2 Å². The van der Waals surface area contributed by atoms with E-state index in [1.165, 1.54) is 0 Å². The van der Waals surface area contributed by atoms with Gasteiger partial charge in [0.1, 0.15) is 0 Å². The van der Waals surface area contributed by atoms with E-state index in [0.29, 0.717) is 19.3 Å². The molecule has 14 heavy (non-hydrogen) atoms. The molecule has 0 spiro atoms. The summed E-state index contributed by atoms with van der Waals surface area (Å²) in [5.41, 5.74) is -1.74. The smallest absolute Gasteiger partial charge is 0.309 e. The lowest BCUT2D eigenvalue weighted by Crippen LogP contribution is -2.42. The van der Waals surface area contributed by atoms with E-state index in [2.05, 4.69) is 0 Å². The Kier molecular flexibility index (Phi) is 2.56. The molecule has 1 saturated carbocycles. The molecule has 4 nitrogen and oxygen atoms in total. The molecule has 2 N–H and O–H groups in total. The SMILES string of the molecule is C[C@]1(C(=O)O)CCC[C@@](C)(C(=O)O)C1. The van der Waals surface area contributed by atoms with Crippen molar-refractivity contribution >= 4 is 11.9 Å². The van der Waals surface area contributed by atoms with E-state index in [4.69, 9.17) is 10.2 Å². The van der Waals surface area contributed by atoms with Crippen molar-refractivity contribution in [2.45, 2.75) is 39.5 Å². The highest BCUT2D eigenvalue weighted by Crippen LogP contribution is 2.46. The molecule has 0 aromatic rings. The minimum absolute atomic E-state index is 0.227. The van der Waals surface area contributed by atoms with Gasteiger partial charge in [0.05, 0.1) is 10.8 Å². The number of rotatable bonds is 2. The summed E-state index contributed by atoms with van der Waals surface area (Å²) in [6.45, 7) is 3.27. The maximum absolute atomic E-state index is 11.0. The number of carboxylic acids is 2. The lowest BCUT2D eigenvalue weighted by Gasteiger charge is -2.39. The Bertz CT molecular complexity index is 247. The summed E-state index contributed by atoms with van der Waals surface area (Å²) in [5, 5.41) is 18.0. The third-order valence-electron chi connectivity index (χ3n) is 3.27. The average molecular weight is 200 g/mol. The summed E-state index contributed by atoms with van der Waals surface area (Å²) >= 11 is 0. The quantitative estimate of drug-likeness (QED) is 0.712. The second-order valence-electron chi connectivity index (χ2n) is 4.76. The summed E-state index contributed by atoms with van der Waals surface area (Å²) < 4.78 is 0. The van der Waals surface area contributed by atoms with Gasteiger partial charge in [-0.05, 0) is 33.1 Å². The van der Waals surface area contributed by atoms with Gasteiger partial charge in [-0.15, -0.1) is 0 Å². The molecule has 0 aromatic carbocycles. The molecule has 0 aromatic heterocycles. The molecular formula is C10H16O4. The standard InChI is InChI=1S/C10H16O4/c1-9(7(11)12)4-3-5-10(2,6-9)8(13)14/h3-6H2,1-2H3,(H,11,12)(H,13,14)/t9-,10+. The molecule has 2 atom stereocenters. The van der Waals surface area contributed by atoms with Crippen LogP contribution in [0.4, 0.5) is 0 Å². The molecule has 1 aliphatic rings. The molecule has 1 aliphatic carbocycles. The normalized spacial score (nSPS) is 37.9. The summed E-state index contributed by atoms with van der Waals surface area (Å²) in [7, 11) is 0. The Labute approximate surface area is 82.9 Å². The van der Waals surface area contributed by atoms with Gasteiger partial charge in [-0.25, -0.2) is 0 Å². The fourth-order valence-corrected chi connectivity index (χ4v) is 2.27. The first-order valence-corrected chi connectivity index (χ1v) is 4.77. The molecule has 0 aliphatic heterocycles. The summed E-state index contributed by atoms with van der Waals surface area (Å²) in [6.07, 6.45) is 2.05. The first-order valence-electron chi connectivity index (χ1n) is 4.77. The van der Waals surface area contributed by atoms with Crippen molar-refractivity contribution < 1.29 is 19.8 Å². The maximum atomic E-state index is 11.0. The second kappa shape index (κ2) is 3.26. The van der Waals surface area contributed by atoms with Crippen LogP contribution in [0, 0.1) is 10.8 Å². The van der Waals surface area contributed by atoms with Crippen molar-refractivity contribution in [3.8, 4) is 0 Å². The van der Waals surface area contributed by atoms with Crippen LogP contribution in [0.5, 0.6) is 0 Å². The molecular weight excluding hydrogens is 184 g/mol. The largest absolute Gasteiger partial charge is 0.481 e. The molecule has 0 amide bonds. The molecule has 80 valence electrons. The van der Waals surface area contributed by atoms with Crippen LogP contribution in [-0.2, 0) is 9.59 Å². The zero-order chi connectivity index (χ0) is 11.0. The third-order valence-corrected chi connectivity index (χ3v) is 3.27. The highest BCUT2D eigenvalue weighted by molar-refractivity contribution is 5.79. The Hall–Kier alpha value is -1.06. The van der Waals surface area contributed by atoms with Gasteiger partial charge in [0.2, 0.25) is 0 Å². The minimum atomic E-state index is -0.885. The molecule has 1 rings (SSSR count). The van der Waals surface area contributed by atoms with Crippen LogP contribution < -0.4 is 0 Å². The van der Waals surface area contributed by atoms with Crippen molar-refractivity contribution in [2.24, 2.45) is 10.8 Å².